The molecule has 2 aromatic rings. The SMILES string of the molecule is CCC1(C(Cc2cccc3ccccc23)NC)CCCC1. The van der Waals surface area contributed by atoms with Crippen LogP contribution >= 0.6 is 0 Å². The fourth-order valence-corrected chi connectivity index (χ4v) is 4.34. The third-order valence-corrected chi connectivity index (χ3v) is 5.70. The van der Waals surface area contributed by atoms with Crippen LogP contribution in [0.2, 0.25) is 0 Å². The second-order valence-electron chi connectivity index (χ2n) is 6.61. The first-order valence-corrected chi connectivity index (χ1v) is 8.43. The van der Waals surface area contributed by atoms with Crippen LogP contribution in [-0.2, 0) is 6.42 Å². The van der Waals surface area contributed by atoms with Gasteiger partial charge in [-0.15, -0.1) is 0 Å². The zero-order valence-electron chi connectivity index (χ0n) is 13.4. The lowest BCUT2D eigenvalue weighted by Gasteiger charge is -2.37. The Morgan fingerprint density at radius 2 is 1.76 bits per heavy atom. The fourth-order valence-electron chi connectivity index (χ4n) is 4.34. The van der Waals surface area contributed by atoms with E-state index >= 15 is 0 Å². The third kappa shape index (κ3) is 2.72. The van der Waals surface area contributed by atoms with Gasteiger partial charge in [-0.1, -0.05) is 62.2 Å². The maximum absolute atomic E-state index is 3.65. The normalized spacial score (nSPS) is 19.0. The Kier molecular flexibility index (Phi) is 4.30. The highest BCUT2D eigenvalue weighted by Gasteiger charge is 2.38. The third-order valence-electron chi connectivity index (χ3n) is 5.70. The van der Waals surface area contributed by atoms with Gasteiger partial charge in [-0.25, -0.2) is 0 Å². The molecule has 1 saturated carbocycles. The highest BCUT2D eigenvalue weighted by molar-refractivity contribution is 5.85. The minimum Gasteiger partial charge on any atom is -0.316 e. The van der Waals surface area contributed by atoms with Crippen LogP contribution < -0.4 is 5.32 Å². The summed E-state index contributed by atoms with van der Waals surface area (Å²) < 4.78 is 0. The van der Waals surface area contributed by atoms with Crippen molar-refractivity contribution in [2.75, 3.05) is 7.05 Å². The number of benzene rings is 2. The molecule has 0 radical (unpaired) electrons. The molecule has 21 heavy (non-hydrogen) atoms. The van der Waals surface area contributed by atoms with E-state index in [9.17, 15) is 0 Å². The van der Waals surface area contributed by atoms with Gasteiger partial charge in [0.2, 0.25) is 0 Å². The van der Waals surface area contributed by atoms with E-state index < -0.39 is 0 Å². The molecule has 112 valence electrons. The molecule has 0 bridgehead atoms. The van der Waals surface area contributed by atoms with Crippen LogP contribution in [0.5, 0.6) is 0 Å². The van der Waals surface area contributed by atoms with Crippen LogP contribution in [0.3, 0.4) is 0 Å². The maximum Gasteiger partial charge on any atom is 0.0161 e. The number of hydrogen-bond acceptors (Lipinski definition) is 1. The van der Waals surface area contributed by atoms with Gasteiger partial charge >= 0.3 is 0 Å². The summed E-state index contributed by atoms with van der Waals surface area (Å²) in [5, 5.41) is 6.43. The number of likely N-dealkylation sites (N-methyl/N-ethyl adjacent to an activating group) is 1. The molecular formula is C20H27N. The van der Waals surface area contributed by atoms with E-state index in [1.807, 2.05) is 0 Å². The molecule has 1 aliphatic rings. The minimum atomic E-state index is 0.506. The maximum atomic E-state index is 3.65. The number of hydrogen-bond donors (Lipinski definition) is 1. The van der Waals surface area contributed by atoms with Crippen molar-refractivity contribution < 1.29 is 0 Å². The molecule has 0 aliphatic heterocycles. The molecule has 3 rings (SSSR count). The van der Waals surface area contributed by atoms with Gasteiger partial charge in [0.1, 0.15) is 0 Å². The average Bonchev–Trinajstić information content (AvgIpc) is 3.02. The molecule has 1 unspecified atom stereocenters. The van der Waals surface area contributed by atoms with E-state index in [-0.39, 0.29) is 0 Å². The molecule has 0 aromatic heterocycles. The van der Waals surface area contributed by atoms with Crippen molar-refractivity contribution in [2.24, 2.45) is 5.41 Å². The summed E-state index contributed by atoms with van der Waals surface area (Å²) in [5.41, 5.74) is 2.00. The molecule has 1 atom stereocenters. The van der Waals surface area contributed by atoms with E-state index in [2.05, 4.69) is 61.8 Å². The van der Waals surface area contributed by atoms with Crippen LogP contribution in [0.15, 0.2) is 42.5 Å². The number of rotatable bonds is 5. The lowest BCUT2D eigenvalue weighted by Crippen LogP contribution is -2.43. The van der Waals surface area contributed by atoms with Crippen LogP contribution in [-0.4, -0.2) is 13.1 Å². The molecule has 0 heterocycles. The zero-order chi connectivity index (χ0) is 14.7. The van der Waals surface area contributed by atoms with Crippen molar-refractivity contribution in [3.63, 3.8) is 0 Å². The Hall–Kier alpha value is -1.34. The summed E-state index contributed by atoms with van der Waals surface area (Å²) in [6, 6.07) is 16.1. The fraction of sp³-hybridized carbons (Fsp3) is 0.500. The molecule has 1 N–H and O–H groups in total. The summed E-state index contributed by atoms with van der Waals surface area (Å²) in [6.45, 7) is 2.37. The Bertz CT molecular complexity index is 590. The Balaban J connectivity index is 1.92. The van der Waals surface area contributed by atoms with Crippen molar-refractivity contribution >= 4 is 10.8 Å². The highest BCUT2D eigenvalue weighted by Crippen LogP contribution is 2.45. The van der Waals surface area contributed by atoms with Gasteiger partial charge in [-0.3, -0.25) is 0 Å². The standard InChI is InChI=1S/C20H27N/c1-3-20(13-6-7-14-20)19(21-2)15-17-11-8-10-16-9-4-5-12-18(16)17/h4-5,8-12,19,21H,3,6-7,13-15H2,1-2H3. The van der Waals surface area contributed by atoms with Gasteiger partial charge in [0.05, 0.1) is 0 Å². The summed E-state index contributed by atoms with van der Waals surface area (Å²) in [7, 11) is 2.14. The van der Waals surface area contributed by atoms with Crippen LogP contribution in [0, 0.1) is 5.41 Å². The van der Waals surface area contributed by atoms with Crippen molar-refractivity contribution in [2.45, 2.75) is 51.5 Å². The quantitative estimate of drug-likeness (QED) is 0.818. The van der Waals surface area contributed by atoms with Gasteiger partial charge in [0, 0.05) is 6.04 Å². The molecule has 1 heteroatoms. The summed E-state index contributed by atoms with van der Waals surface area (Å²) >= 11 is 0. The van der Waals surface area contributed by atoms with Gasteiger partial charge in [-0.2, -0.15) is 0 Å². The summed E-state index contributed by atoms with van der Waals surface area (Å²) in [6.07, 6.45) is 8.03. The van der Waals surface area contributed by atoms with Crippen LogP contribution in [0.1, 0.15) is 44.6 Å². The van der Waals surface area contributed by atoms with Gasteiger partial charge in [0.25, 0.3) is 0 Å². The van der Waals surface area contributed by atoms with Crippen LogP contribution in [0.25, 0.3) is 10.8 Å². The largest absolute Gasteiger partial charge is 0.316 e. The predicted molar refractivity (Wildman–Crippen MR) is 91.7 cm³/mol. The second kappa shape index (κ2) is 6.19. The Labute approximate surface area is 128 Å². The summed E-state index contributed by atoms with van der Waals surface area (Å²) in [5.74, 6) is 0. The predicted octanol–water partition coefficient (Wildman–Crippen LogP) is 4.94. The molecule has 0 saturated heterocycles. The second-order valence-corrected chi connectivity index (χ2v) is 6.61. The van der Waals surface area contributed by atoms with Crippen molar-refractivity contribution in [3.05, 3.63) is 48.0 Å². The lowest BCUT2D eigenvalue weighted by molar-refractivity contribution is 0.193. The molecule has 2 aromatic carbocycles. The molecule has 1 aliphatic carbocycles. The zero-order valence-corrected chi connectivity index (χ0v) is 13.4. The van der Waals surface area contributed by atoms with Crippen molar-refractivity contribution in [1.82, 2.24) is 5.32 Å². The Morgan fingerprint density at radius 3 is 2.48 bits per heavy atom. The van der Waals surface area contributed by atoms with Crippen molar-refractivity contribution in [3.8, 4) is 0 Å². The van der Waals surface area contributed by atoms with E-state index in [1.54, 1.807) is 0 Å². The Morgan fingerprint density at radius 1 is 1.05 bits per heavy atom. The molecular weight excluding hydrogens is 254 g/mol. The first-order valence-electron chi connectivity index (χ1n) is 8.43. The molecule has 0 amide bonds. The van der Waals surface area contributed by atoms with Gasteiger partial charge in [0.15, 0.2) is 0 Å². The average molecular weight is 281 g/mol. The smallest absolute Gasteiger partial charge is 0.0161 e. The molecule has 1 nitrogen and oxygen atoms in total. The van der Waals surface area contributed by atoms with Crippen LogP contribution in [0.4, 0.5) is 0 Å². The first-order chi connectivity index (χ1) is 10.3. The highest BCUT2D eigenvalue weighted by atomic mass is 14.9. The van der Waals surface area contributed by atoms with E-state index in [4.69, 9.17) is 0 Å². The first kappa shape index (κ1) is 14.6. The topological polar surface area (TPSA) is 12.0 Å². The van der Waals surface area contributed by atoms with Gasteiger partial charge < -0.3 is 5.32 Å². The number of nitrogens with one attached hydrogen (secondary N) is 1. The van der Waals surface area contributed by atoms with E-state index in [1.165, 1.54) is 48.4 Å². The van der Waals surface area contributed by atoms with E-state index in [0.29, 0.717) is 11.5 Å². The molecule has 1 fully saturated rings. The minimum absolute atomic E-state index is 0.506. The monoisotopic (exact) mass is 281 g/mol. The lowest BCUT2D eigenvalue weighted by atomic mass is 9.73. The summed E-state index contributed by atoms with van der Waals surface area (Å²) in [4.78, 5) is 0. The van der Waals surface area contributed by atoms with Gasteiger partial charge in [-0.05, 0) is 54.5 Å². The van der Waals surface area contributed by atoms with E-state index in [0.717, 1.165) is 6.42 Å². The van der Waals surface area contributed by atoms with Crippen molar-refractivity contribution in [1.29, 1.82) is 0 Å². The number of fused-ring (bicyclic) bond motifs is 1. The molecule has 0 spiro atoms.